The molecule has 1 aromatic rings. The summed E-state index contributed by atoms with van der Waals surface area (Å²) in [5.74, 6) is 0. The van der Waals surface area contributed by atoms with E-state index in [1.165, 1.54) is 16.7 Å². The first-order valence-corrected chi connectivity index (χ1v) is 7.33. The topological polar surface area (TPSA) is 32.7 Å². The van der Waals surface area contributed by atoms with Gasteiger partial charge >= 0.3 is 0 Å². The molecule has 1 aliphatic heterocycles. The summed E-state index contributed by atoms with van der Waals surface area (Å²) in [5.41, 5.74) is 3.82. The van der Waals surface area contributed by atoms with Crippen molar-refractivity contribution in [3.63, 3.8) is 0 Å². The van der Waals surface area contributed by atoms with E-state index in [0.29, 0.717) is 6.61 Å². The van der Waals surface area contributed by atoms with Gasteiger partial charge in [-0.25, -0.2) is 0 Å². The van der Waals surface area contributed by atoms with Gasteiger partial charge in [-0.2, -0.15) is 0 Å². The first-order chi connectivity index (χ1) is 9.69. The molecule has 0 aliphatic carbocycles. The van der Waals surface area contributed by atoms with E-state index in [9.17, 15) is 5.11 Å². The second-order valence-electron chi connectivity index (χ2n) is 5.63. The lowest BCUT2D eigenvalue weighted by molar-refractivity contribution is 0.0870. The average Bonchev–Trinajstić information content (AvgIpc) is 2.44. The van der Waals surface area contributed by atoms with E-state index in [-0.39, 0.29) is 6.10 Å². The Hall–Kier alpha value is -1.16. The lowest BCUT2D eigenvalue weighted by Crippen LogP contribution is -2.36. The maximum absolute atomic E-state index is 9.54. The minimum absolute atomic E-state index is 0.0991. The summed E-state index contributed by atoms with van der Waals surface area (Å²) in [6.45, 7) is 5.79. The fourth-order valence-corrected chi connectivity index (χ4v) is 2.70. The second kappa shape index (κ2) is 7.58. The Kier molecular flexibility index (Phi) is 5.77. The average molecular weight is 275 g/mol. The predicted octanol–water partition coefficient (Wildman–Crippen LogP) is 2.69. The van der Waals surface area contributed by atoms with Crippen molar-refractivity contribution < 1.29 is 9.84 Å². The van der Waals surface area contributed by atoms with Gasteiger partial charge in [0, 0.05) is 26.7 Å². The van der Waals surface area contributed by atoms with E-state index in [1.54, 1.807) is 7.11 Å². The van der Waals surface area contributed by atoms with Gasteiger partial charge in [-0.05, 0) is 30.9 Å². The largest absolute Gasteiger partial charge is 0.393 e. The Morgan fingerprint density at radius 2 is 2.05 bits per heavy atom. The van der Waals surface area contributed by atoms with Crippen LogP contribution < -0.4 is 0 Å². The third-order valence-electron chi connectivity index (χ3n) is 3.79. The van der Waals surface area contributed by atoms with Crippen molar-refractivity contribution in [3.8, 4) is 0 Å². The molecule has 1 saturated heterocycles. The van der Waals surface area contributed by atoms with Gasteiger partial charge in [0.1, 0.15) is 0 Å². The SMILES string of the molecule is COCc1ccccc1/C=C(\C)CN1CCC(O)CC1. The molecule has 1 aromatic carbocycles. The summed E-state index contributed by atoms with van der Waals surface area (Å²) >= 11 is 0. The van der Waals surface area contributed by atoms with Gasteiger partial charge in [0.2, 0.25) is 0 Å². The molecule has 1 N–H and O–H groups in total. The van der Waals surface area contributed by atoms with Crippen LogP contribution in [0.2, 0.25) is 0 Å². The van der Waals surface area contributed by atoms with Crippen LogP contribution in [0.3, 0.4) is 0 Å². The van der Waals surface area contributed by atoms with Crippen LogP contribution in [0.25, 0.3) is 6.08 Å². The number of aliphatic hydroxyl groups excluding tert-OH is 1. The van der Waals surface area contributed by atoms with Crippen LogP contribution in [0.15, 0.2) is 29.8 Å². The molecular formula is C17H25NO2. The Balaban J connectivity index is 1.99. The molecule has 2 rings (SSSR count). The third kappa shape index (κ3) is 4.44. The number of aliphatic hydroxyl groups is 1. The minimum Gasteiger partial charge on any atom is -0.393 e. The summed E-state index contributed by atoms with van der Waals surface area (Å²) in [6, 6.07) is 8.36. The number of rotatable bonds is 5. The molecule has 0 atom stereocenters. The van der Waals surface area contributed by atoms with E-state index in [1.807, 2.05) is 6.07 Å². The lowest BCUT2D eigenvalue weighted by Gasteiger charge is -2.29. The molecule has 110 valence electrons. The van der Waals surface area contributed by atoms with E-state index < -0.39 is 0 Å². The molecule has 0 saturated carbocycles. The summed E-state index contributed by atoms with van der Waals surface area (Å²) in [6.07, 6.45) is 3.94. The number of methoxy groups -OCH3 is 1. The number of nitrogens with zero attached hydrogens (tertiary/aromatic N) is 1. The summed E-state index contributed by atoms with van der Waals surface area (Å²) in [5, 5.41) is 9.54. The molecule has 0 amide bonds. The van der Waals surface area contributed by atoms with Gasteiger partial charge < -0.3 is 9.84 Å². The van der Waals surface area contributed by atoms with Crippen LogP contribution in [-0.4, -0.2) is 42.9 Å². The van der Waals surface area contributed by atoms with Gasteiger partial charge in [0.05, 0.1) is 12.7 Å². The lowest BCUT2D eigenvalue weighted by atomic mass is 10.0. The Morgan fingerprint density at radius 1 is 1.35 bits per heavy atom. The highest BCUT2D eigenvalue weighted by atomic mass is 16.5. The van der Waals surface area contributed by atoms with Gasteiger partial charge in [-0.15, -0.1) is 0 Å². The highest BCUT2D eigenvalue weighted by Gasteiger charge is 2.16. The third-order valence-corrected chi connectivity index (χ3v) is 3.79. The maximum Gasteiger partial charge on any atom is 0.0718 e. The Labute approximate surface area is 121 Å². The van der Waals surface area contributed by atoms with Crippen molar-refractivity contribution in [1.82, 2.24) is 4.90 Å². The molecule has 1 heterocycles. The number of likely N-dealkylation sites (tertiary alicyclic amines) is 1. The number of piperidine rings is 1. The molecule has 3 nitrogen and oxygen atoms in total. The van der Waals surface area contributed by atoms with Crippen molar-refractivity contribution in [1.29, 1.82) is 0 Å². The number of hydrogen-bond donors (Lipinski definition) is 1. The minimum atomic E-state index is -0.0991. The van der Waals surface area contributed by atoms with Crippen LogP contribution in [0.1, 0.15) is 30.9 Å². The standard InChI is InChI=1S/C17H25NO2/c1-14(12-18-9-7-17(19)8-10-18)11-15-5-3-4-6-16(15)13-20-2/h3-6,11,17,19H,7-10,12-13H2,1-2H3/b14-11+. The normalized spacial score (nSPS) is 18.4. The van der Waals surface area contributed by atoms with E-state index >= 15 is 0 Å². The Morgan fingerprint density at radius 3 is 2.75 bits per heavy atom. The van der Waals surface area contributed by atoms with Gasteiger partial charge in [-0.3, -0.25) is 4.90 Å². The zero-order chi connectivity index (χ0) is 14.4. The molecule has 3 heteroatoms. The molecule has 0 radical (unpaired) electrons. The number of hydrogen-bond acceptors (Lipinski definition) is 3. The van der Waals surface area contributed by atoms with Crippen LogP contribution >= 0.6 is 0 Å². The molecule has 0 bridgehead atoms. The fourth-order valence-electron chi connectivity index (χ4n) is 2.70. The van der Waals surface area contributed by atoms with Crippen LogP contribution in [-0.2, 0) is 11.3 Å². The van der Waals surface area contributed by atoms with E-state index in [4.69, 9.17) is 4.74 Å². The first kappa shape index (κ1) is 15.2. The van der Waals surface area contributed by atoms with Gasteiger partial charge in [0.15, 0.2) is 0 Å². The van der Waals surface area contributed by atoms with E-state index in [2.05, 4.69) is 36.1 Å². The van der Waals surface area contributed by atoms with E-state index in [0.717, 1.165) is 32.5 Å². The molecule has 20 heavy (non-hydrogen) atoms. The zero-order valence-electron chi connectivity index (χ0n) is 12.5. The molecule has 1 fully saturated rings. The zero-order valence-corrected chi connectivity index (χ0v) is 12.5. The maximum atomic E-state index is 9.54. The predicted molar refractivity (Wildman–Crippen MR) is 82.5 cm³/mol. The monoisotopic (exact) mass is 275 g/mol. The molecule has 0 spiro atoms. The van der Waals surface area contributed by atoms with Gasteiger partial charge in [0.25, 0.3) is 0 Å². The number of ether oxygens (including phenoxy) is 1. The summed E-state index contributed by atoms with van der Waals surface area (Å²) in [7, 11) is 1.73. The molecule has 0 aromatic heterocycles. The van der Waals surface area contributed by atoms with Gasteiger partial charge in [-0.1, -0.05) is 35.9 Å². The quantitative estimate of drug-likeness (QED) is 0.897. The highest BCUT2D eigenvalue weighted by molar-refractivity contribution is 5.56. The van der Waals surface area contributed by atoms with Crippen molar-refractivity contribution in [2.24, 2.45) is 0 Å². The summed E-state index contributed by atoms with van der Waals surface area (Å²) in [4.78, 5) is 2.41. The first-order valence-electron chi connectivity index (χ1n) is 7.33. The van der Waals surface area contributed by atoms with Crippen LogP contribution in [0.5, 0.6) is 0 Å². The Bertz CT molecular complexity index is 448. The molecular weight excluding hydrogens is 250 g/mol. The fraction of sp³-hybridized carbons (Fsp3) is 0.529. The second-order valence-corrected chi connectivity index (χ2v) is 5.63. The highest BCUT2D eigenvalue weighted by Crippen LogP contribution is 2.16. The van der Waals surface area contributed by atoms with Crippen molar-refractivity contribution in [2.75, 3.05) is 26.7 Å². The van der Waals surface area contributed by atoms with Crippen LogP contribution in [0, 0.1) is 0 Å². The number of benzene rings is 1. The molecule has 0 unspecified atom stereocenters. The van der Waals surface area contributed by atoms with Crippen molar-refractivity contribution >= 4 is 6.08 Å². The molecule has 1 aliphatic rings. The van der Waals surface area contributed by atoms with Crippen LogP contribution in [0.4, 0.5) is 0 Å². The van der Waals surface area contributed by atoms with Crippen molar-refractivity contribution in [3.05, 3.63) is 41.0 Å². The van der Waals surface area contributed by atoms with Crippen molar-refractivity contribution in [2.45, 2.75) is 32.5 Å². The summed E-state index contributed by atoms with van der Waals surface area (Å²) < 4.78 is 5.24. The smallest absolute Gasteiger partial charge is 0.0718 e.